The van der Waals surface area contributed by atoms with E-state index in [1.165, 1.54) is 53.9 Å². The van der Waals surface area contributed by atoms with Gasteiger partial charge in [0, 0.05) is 38.7 Å². The van der Waals surface area contributed by atoms with Crippen LogP contribution in [0.4, 0.5) is 13.2 Å². The van der Waals surface area contributed by atoms with Gasteiger partial charge < -0.3 is 14.2 Å². The lowest BCUT2D eigenvalue weighted by Crippen LogP contribution is -2.49. The molecule has 0 bridgehead atoms. The predicted molar refractivity (Wildman–Crippen MR) is 107 cm³/mol. The molecule has 32 heavy (non-hydrogen) atoms. The molecule has 0 aliphatic carbocycles. The van der Waals surface area contributed by atoms with Crippen molar-refractivity contribution in [3.8, 4) is 0 Å². The Labute approximate surface area is 183 Å². The molecule has 2 heterocycles. The average Bonchev–Trinajstić information content (AvgIpc) is 3.25. The molecule has 1 aliphatic heterocycles. The lowest BCUT2D eigenvalue weighted by molar-refractivity contribution is -0.142. The number of nitrogens with zero attached hydrogens (tertiary/aromatic N) is 3. The fraction of sp³-hybridized carbons (Fsp3) is 0.400. The minimum atomic E-state index is -4.62. The number of amides is 2. The molecule has 12 heteroatoms. The van der Waals surface area contributed by atoms with E-state index in [-0.39, 0.29) is 54.9 Å². The van der Waals surface area contributed by atoms with Gasteiger partial charge in [-0.05, 0) is 36.4 Å². The summed E-state index contributed by atoms with van der Waals surface area (Å²) in [5.41, 5.74) is -0.0823. The van der Waals surface area contributed by atoms with Crippen LogP contribution in [0.25, 0.3) is 0 Å². The minimum absolute atomic E-state index is 0.0823. The van der Waals surface area contributed by atoms with Crippen LogP contribution >= 0.6 is 0 Å². The number of furan rings is 1. The molecule has 0 atom stereocenters. The van der Waals surface area contributed by atoms with E-state index in [1.54, 1.807) is 4.90 Å². The van der Waals surface area contributed by atoms with Crippen LogP contribution in [-0.2, 0) is 21.4 Å². The fourth-order valence-electron chi connectivity index (χ4n) is 3.35. The summed E-state index contributed by atoms with van der Waals surface area (Å²) in [7, 11) is -3.87. The molecule has 8 nitrogen and oxygen atoms in total. The quantitative estimate of drug-likeness (QED) is 0.642. The molecule has 0 unspecified atom stereocenters. The van der Waals surface area contributed by atoms with Crippen molar-refractivity contribution >= 4 is 21.8 Å². The van der Waals surface area contributed by atoms with E-state index in [9.17, 15) is 31.2 Å². The van der Waals surface area contributed by atoms with Crippen molar-refractivity contribution in [2.45, 2.75) is 24.5 Å². The van der Waals surface area contributed by atoms with Crippen LogP contribution < -0.4 is 0 Å². The van der Waals surface area contributed by atoms with Crippen LogP contribution in [-0.4, -0.2) is 73.2 Å². The number of alkyl halides is 3. The van der Waals surface area contributed by atoms with Gasteiger partial charge in [0.05, 0.1) is 17.7 Å². The highest BCUT2D eigenvalue weighted by molar-refractivity contribution is 7.89. The first-order valence-corrected chi connectivity index (χ1v) is 11.2. The summed E-state index contributed by atoms with van der Waals surface area (Å²) < 4.78 is 70.9. The summed E-state index contributed by atoms with van der Waals surface area (Å²) in [5.74, 6) is -0.855. The van der Waals surface area contributed by atoms with Gasteiger partial charge in [0.15, 0.2) is 0 Å². The van der Waals surface area contributed by atoms with Gasteiger partial charge in [0.1, 0.15) is 12.3 Å². The molecule has 1 fully saturated rings. The summed E-state index contributed by atoms with van der Waals surface area (Å²) in [6, 6.07) is 7.72. The highest BCUT2D eigenvalue weighted by Crippen LogP contribution is 2.22. The molecule has 174 valence electrons. The standard InChI is InChI=1S/C20H22F3N3O5S/c1-15(27)24-8-10-26(11-9-24)32(29,30)18-6-4-16(5-7-18)19(28)25(14-20(21,22)23)13-17-3-2-12-31-17/h2-7,12H,8-11,13-14H2,1H3. The lowest BCUT2D eigenvalue weighted by atomic mass is 10.2. The molecule has 3 rings (SSSR count). The summed E-state index contributed by atoms with van der Waals surface area (Å²) in [6.45, 7) is 0.345. The Hall–Kier alpha value is -2.86. The molecule has 0 radical (unpaired) electrons. The minimum Gasteiger partial charge on any atom is -0.467 e. The predicted octanol–water partition coefficient (Wildman–Crippen LogP) is 2.34. The van der Waals surface area contributed by atoms with Gasteiger partial charge in [-0.3, -0.25) is 9.59 Å². The van der Waals surface area contributed by atoms with E-state index in [0.29, 0.717) is 4.90 Å². The van der Waals surface area contributed by atoms with Gasteiger partial charge in [0.2, 0.25) is 15.9 Å². The first kappa shape index (κ1) is 23.8. The van der Waals surface area contributed by atoms with Crippen molar-refractivity contribution in [3.05, 3.63) is 54.0 Å². The van der Waals surface area contributed by atoms with Crippen LogP contribution in [0.3, 0.4) is 0 Å². The van der Waals surface area contributed by atoms with Crippen molar-refractivity contribution in [1.82, 2.24) is 14.1 Å². The third-order valence-electron chi connectivity index (χ3n) is 5.01. The number of hydrogen-bond donors (Lipinski definition) is 0. The maximum absolute atomic E-state index is 13.0. The van der Waals surface area contributed by atoms with E-state index < -0.39 is 28.7 Å². The van der Waals surface area contributed by atoms with Crippen molar-refractivity contribution < 1.29 is 35.6 Å². The molecule has 2 amide bonds. The molecule has 1 aromatic heterocycles. The number of carbonyl (C=O) groups excluding carboxylic acids is 2. The van der Waals surface area contributed by atoms with Gasteiger partial charge in [-0.15, -0.1) is 0 Å². The molecule has 2 aromatic rings. The summed E-state index contributed by atoms with van der Waals surface area (Å²) >= 11 is 0. The number of halogens is 3. The molecular weight excluding hydrogens is 451 g/mol. The van der Waals surface area contributed by atoms with Crippen molar-refractivity contribution in [1.29, 1.82) is 0 Å². The number of rotatable bonds is 6. The second-order valence-electron chi connectivity index (χ2n) is 7.29. The van der Waals surface area contributed by atoms with Crippen molar-refractivity contribution in [2.24, 2.45) is 0 Å². The van der Waals surface area contributed by atoms with E-state index in [0.717, 1.165) is 0 Å². The van der Waals surface area contributed by atoms with E-state index in [4.69, 9.17) is 4.42 Å². The smallest absolute Gasteiger partial charge is 0.406 e. The second-order valence-corrected chi connectivity index (χ2v) is 9.23. The molecule has 1 aliphatic rings. The number of benzene rings is 1. The van der Waals surface area contributed by atoms with Crippen LogP contribution in [0.2, 0.25) is 0 Å². The van der Waals surface area contributed by atoms with Gasteiger partial charge >= 0.3 is 6.18 Å². The summed E-state index contributed by atoms with van der Waals surface area (Å²) in [5, 5.41) is 0. The average molecular weight is 473 g/mol. The molecule has 0 spiro atoms. The molecule has 1 aromatic carbocycles. The van der Waals surface area contributed by atoms with Gasteiger partial charge in [-0.25, -0.2) is 8.42 Å². The number of sulfonamides is 1. The Morgan fingerprint density at radius 3 is 2.19 bits per heavy atom. The van der Waals surface area contributed by atoms with Crippen molar-refractivity contribution in [2.75, 3.05) is 32.7 Å². The van der Waals surface area contributed by atoms with Gasteiger partial charge in [-0.1, -0.05) is 0 Å². The Balaban J connectivity index is 1.75. The Morgan fingerprint density at radius 2 is 1.69 bits per heavy atom. The Bertz CT molecular complexity index is 1050. The maximum Gasteiger partial charge on any atom is 0.406 e. The van der Waals surface area contributed by atoms with E-state index in [1.807, 2.05) is 0 Å². The third kappa shape index (κ3) is 5.68. The first-order valence-electron chi connectivity index (χ1n) is 9.71. The molecule has 0 saturated carbocycles. The zero-order valence-electron chi connectivity index (χ0n) is 17.2. The van der Waals surface area contributed by atoms with Gasteiger partial charge in [-0.2, -0.15) is 17.5 Å². The normalized spacial score (nSPS) is 15.6. The highest BCUT2D eigenvalue weighted by Gasteiger charge is 2.34. The van der Waals surface area contributed by atoms with Crippen LogP contribution in [0.1, 0.15) is 23.0 Å². The van der Waals surface area contributed by atoms with Crippen LogP contribution in [0.15, 0.2) is 52.0 Å². The number of hydrogen-bond acceptors (Lipinski definition) is 5. The lowest BCUT2D eigenvalue weighted by Gasteiger charge is -2.33. The first-order chi connectivity index (χ1) is 15.0. The SMILES string of the molecule is CC(=O)N1CCN(S(=O)(=O)c2ccc(C(=O)N(Cc3ccco3)CC(F)(F)F)cc2)CC1. The number of carbonyl (C=O) groups is 2. The third-order valence-corrected chi connectivity index (χ3v) is 6.92. The van der Waals surface area contributed by atoms with Crippen LogP contribution in [0, 0.1) is 0 Å². The van der Waals surface area contributed by atoms with Gasteiger partial charge in [0.25, 0.3) is 5.91 Å². The topological polar surface area (TPSA) is 91.1 Å². The van der Waals surface area contributed by atoms with E-state index >= 15 is 0 Å². The Morgan fingerprint density at radius 1 is 1.06 bits per heavy atom. The summed E-state index contributed by atoms with van der Waals surface area (Å²) in [6.07, 6.45) is -3.32. The maximum atomic E-state index is 13.0. The number of piperazine rings is 1. The zero-order chi connectivity index (χ0) is 23.5. The van der Waals surface area contributed by atoms with Crippen LogP contribution in [0.5, 0.6) is 0 Å². The zero-order valence-corrected chi connectivity index (χ0v) is 18.0. The molecule has 0 N–H and O–H groups in total. The van der Waals surface area contributed by atoms with Crippen molar-refractivity contribution in [3.63, 3.8) is 0 Å². The molecule has 1 saturated heterocycles. The highest BCUT2D eigenvalue weighted by atomic mass is 32.2. The second kappa shape index (κ2) is 9.33. The molecular formula is C20H22F3N3O5S. The summed E-state index contributed by atoms with van der Waals surface area (Å²) in [4.78, 5) is 26.2. The van der Waals surface area contributed by atoms with E-state index in [2.05, 4.69) is 0 Å². The largest absolute Gasteiger partial charge is 0.467 e. The fourth-order valence-corrected chi connectivity index (χ4v) is 4.77. The Kier molecular flexibility index (Phi) is 6.94. The monoisotopic (exact) mass is 473 g/mol.